The number of rotatable bonds is 16. The first-order valence-electron chi connectivity index (χ1n) is 20.8. The van der Waals surface area contributed by atoms with Crippen LogP contribution in [0.2, 0.25) is 0 Å². The molecular formula is C48H72Cl2N6Zr-2. The number of anilines is 2. The predicted molar refractivity (Wildman–Crippen MR) is 250 cm³/mol. The van der Waals surface area contributed by atoms with E-state index in [0.717, 1.165) is 22.7 Å². The Morgan fingerprint density at radius 1 is 0.351 bits per heavy atom. The normalized spacial score (nSPS) is 11.3. The number of nitrogens with one attached hydrogen (secondary N) is 4. The van der Waals surface area contributed by atoms with Crippen molar-refractivity contribution in [1.82, 2.24) is 11.1 Å². The Morgan fingerprint density at radius 3 is 0.702 bits per heavy atom. The number of nitrogens with zero attached hydrogens (tertiary/aromatic N) is 2. The average Bonchev–Trinajstić information content (AvgIpc) is 3.14. The van der Waals surface area contributed by atoms with Gasteiger partial charge in [-0.15, -0.1) is 11.4 Å². The van der Waals surface area contributed by atoms with Crippen molar-refractivity contribution in [3.05, 3.63) is 128 Å². The molecule has 0 fully saturated rings. The Morgan fingerprint density at radius 2 is 0.526 bits per heavy atom. The minimum atomic E-state index is -0.826. The van der Waals surface area contributed by atoms with Gasteiger partial charge < -0.3 is 32.8 Å². The molecular weight excluding hydrogens is 823 g/mol. The summed E-state index contributed by atoms with van der Waals surface area (Å²) in [6, 6.07) is 26.1. The van der Waals surface area contributed by atoms with Crippen molar-refractivity contribution in [1.29, 1.82) is 0 Å². The van der Waals surface area contributed by atoms with Gasteiger partial charge in [0.25, 0.3) is 0 Å². The molecule has 6 nitrogen and oxygen atoms in total. The van der Waals surface area contributed by atoms with Crippen molar-refractivity contribution in [3.63, 3.8) is 0 Å². The zero-order chi connectivity index (χ0) is 43.0. The van der Waals surface area contributed by atoms with E-state index in [9.17, 15) is 0 Å². The van der Waals surface area contributed by atoms with Crippen molar-refractivity contribution in [2.45, 2.75) is 158 Å². The predicted octanol–water partition coefficient (Wildman–Crippen LogP) is 16.8. The monoisotopic (exact) mass is 892 g/mol. The van der Waals surface area contributed by atoms with Crippen LogP contribution in [0.25, 0.3) is 10.9 Å². The third kappa shape index (κ3) is 14.9. The number of hydrazine groups is 2. The second kappa shape index (κ2) is 25.2. The molecule has 0 amide bonds. The van der Waals surface area contributed by atoms with Gasteiger partial charge in [-0.2, -0.15) is 0 Å². The van der Waals surface area contributed by atoms with Crippen molar-refractivity contribution >= 4 is 39.8 Å². The number of benzene rings is 4. The van der Waals surface area contributed by atoms with Gasteiger partial charge in [-0.05, 0) is 69.6 Å². The van der Waals surface area contributed by atoms with Crippen molar-refractivity contribution in [2.75, 3.05) is 10.9 Å². The topological polar surface area (TPSA) is 76.3 Å². The quantitative estimate of drug-likeness (QED) is 0.0845. The van der Waals surface area contributed by atoms with Crippen molar-refractivity contribution < 1.29 is 20.8 Å². The molecule has 9 heteroatoms. The van der Waals surface area contributed by atoms with Crippen molar-refractivity contribution in [3.8, 4) is 0 Å². The molecule has 4 aromatic carbocycles. The molecule has 0 radical (unpaired) electrons. The summed E-state index contributed by atoms with van der Waals surface area (Å²) >= 11 is -0.826. The molecule has 0 aliphatic heterocycles. The van der Waals surface area contributed by atoms with E-state index in [0.29, 0.717) is 47.3 Å². The Labute approximate surface area is 366 Å². The Bertz CT molecular complexity index is 1420. The van der Waals surface area contributed by atoms with Gasteiger partial charge in [0.05, 0.1) is 11.4 Å². The summed E-state index contributed by atoms with van der Waals surface area (Å²) < 4.78 is 0. The number of para-hydroxylation sites is 4. The fourth-order valence-electron chi connectivity index (χ4n) is 6.95. The van der Waals surface area contributed by atoms with Crippen LogP contribution >= 0.6 is 17.0 Å². The van der Waals surface area contributed by atoms with Crippen LogP contribution < -0.4 is 21.9 Å². The van der Waals surface area contributed by atoms with Crippen molar-refractivity contribution in [2.24, 2.45) is 0 Å². The molecule has 0 saturated carbocycles. The van der Waals surface area contributed by atoms with E-state index in [1.54, 1.807) is 0 Å². The second-order valence-corrected chi connectivity index (χ2v) is 20.9. The molecule has 4 N–H and O–H groups in total. The molecule has 4 rings (SSSR count). The van der Waals surface area contributed by atoms with Gasteiger partial charge in [-0.1, -0.05) is 206 Å². The van der Waals surface area contributed by atoms with Crippen LogP contribution in [0, 0.1) is 0 Å². The SMILES string of the molecule is CC(C)c1cccc(C(C)C)c1[N-]NNc1c(C(C)C)cccc1C(C)C.CC(C)c1cccc(C(C)C)c1[N-]NNc1c(C(C)C)cccc1C(C)C.[Cl][Zr][Cl]. The number of hydrogen-bond acceptors (Lipinski definition) is 4. The summed E-state index contributed by atoms with van der Waals surface area (Å²) in [4.78, 5) is 0. The first kappa shape index (κ1) is 50.6. The van der Waals surface area contributed by atoms with E-state index >= 15 is 0 Å². The van der Waals surface area contributed by atoms with E-state index in [1.807, 2.05) is 0 Å². The van der Waals surface area contributed by atoms with Crippen LogP contribution in [0.15, 0.2) is 72.8 Å². The summed E-state index contributed by atoms with van der Waals surface area (Å²) in [7, 11) is 9.87. The summed E-state index contributed by atoms with van der Waals surface area (Å²) in [6.45, 7) is 35.6. The van der Waals surface area contributed by atoms with E-state index in [2.05, 4.69) is 205 Å². The third-order valence-corrected chi connectivity index (χ3v) is 10.1. The summed E-state index contributed by atoms with van der Waals surface area (Å²) in [5.74, 6) is 3.50. The van der Waals surface area contributed by atoms with Crippen LogP contribution in [0.1, 0.15) is 203 Å². The van der Waals surface area contributed by atoms with Gasteiger partial charge in [-0.25, -0.2) is 0 Å². The molecule has 0 atom stereocenters. The van der Waals surface area contributed by atoms with E-state index < -0.39 is 20.8 Å². The molecule has 314 valence electrons. The Balaban J connectivity index is 0.000000368. The van der Waals surface area contributed by atoms with Gasteiger partial charge in [0.1, 0.15) is 0 Å². The van der Waals surface area contributed by atoms with Crippen LogP contribution in [-0.4, -0.2) is 0 Å². The van der Waals surface area contributed by atoms with Crippen LogP contribution in [0.5, 0.6) is 0 Å². The van der Waals surface area contributed by atoms with Gasteiger partial charge >= 0.3 is 37.9 Å². The number of hydrogen-bond donors (Lipinski definition) is 4. The molecule has 0 unspecified atom stereocenters. The first-order chi connectivity index (χ1) is 26.9. The Kier molecular flexibility index (Phi) is 22.3. The fraction of sp³-hybridized carbons (Fsp3) is 0.500. The summed E-state index contributed by atoms with van der Waals surface area (Å²) in [5.41, 5.74) is 37.5. The molecule has 0 aliphatic rings. The van der Waals surface area contributed by atoms with Gasteiger partial charge in [0, 0.05) is 0 Å². The average molecular weight is 895 g/mol. The molecule has 0 aromatic heterocycles. The molecule has 4 aromatic rings. The Hall–Kier alpha value is -2.54. The molecule has 0 saturated heterocycles. The number of halogens is 2. The molecule has 57 heavy (non-hydrogen) atoms. The van der Waals surface area contributed by atoms with Crippen LogP contribution in [0.4, 0.5) is 22.7 Å². The maximum atomic E-state index is 4.93. The van der Waals surface area contributed by atoms with Gasteiger partial charge in [-0.3, -0.25) is 0 Å². The van der Waals surface area contributed by atoms with Crippen LogP contribution in [0.3, 0.4) is 0 Å². The van der Waals surface area contributed by atoms with Gasteiger partial charge in [0.2, 0.25) is 0 Å². The first-order valence-corrected chi connectivity index (χ1v) is 27.1. The summed E-state index contributed by atoms with van der Waals surface area (Å²) in [5, 5.41) is 0. The van der Waals surface area contributed by atoms with E-state index in [-0.39, 0.29) is 0 Å². The zero-order valence-corrected chi connectivity index (χ0v) is 41.7. The van der Waals surface area contributed by atoms with E-state index in [1.165, 1.54) is 44.5 Å². The third-order valence-electron chi connectivity index (χ3n) is 10.1. The zero-order valence-electron chi connectivity index (χ0n) is 37.7. The van der Waals surface area contributed by atoms with E-state index in [4.69, 9.17) is 27.9 Å². The minimum absolute atomic E-state index is 0.429. The fourth-order valence-corrected chi connectivity index (χ4v) is 6.95. The molecule has 0 aliphatic carbocycles. The summed E-state index contributed by atoms with van der Waals surface area (Å²) in [6.07, 6.45) is 0. The second-order valence-electron chi connectivity index (χ2n) is 17.2. The molecule has 0 bridgehead atoms. The molecule has 0 spiro atoms. The standard InChI is InChI=1S/2C24H36N3.2ClH.Zr/c2*1-15(2)19-11-9-12-20(16(3)4)23(19)25-27-26-24-21(17(5)6)13-10-14-22(24)18(7)8;;;/h2*9-18,25,27H,1-8H3;2*1H;/q2*-1;;;+2/p-2. The molecule has 0 heterocycles. The van der Waals surface area contributed by atoms with Crippen LogP contribution in [-0.2, 0) is 20.8 Å². The maximum absolute atomic E-state index is 4.93. The van der Waals surface area contributed by atoms with Gasteiger partial charge in [0.15, 0.2) is 0 Å².